The number of hydrogen-bond acceptors (Lipinski definition) is 4. The molecule has 0 bridgehead atoms. The highest BCUT2D eigenvalue weighted by molar-refractivity contribution is 6.01. The Labute approximate surface area is 102 Å². The fourth-order valence-corrected chi connectivity index (χ4v) is 1.94. The lowest BCUT2D eigenvalue weighted by atomic mass is 10.1. The van der Waals surface area contributed by atoms with E-state index in [1.54, 1.807) is 18.3 Å². The van der Waals surface area contributed by atoms with Crippen LogP contribution in [0.2, 0.25) is 0 Å². The number of hydrogen-bond donors (Lipinski definition) is 2. The van der Waals surface area contributed by atoms with Crippen LogP contribution in [0.5, 0.6) is 0 Å². The standard InChI is InChI=1S/C12H20N4O/c1-4-9(5-2)16(3)12-10(11(13)15-17)7-6-8-14-12/h6-9,17H,4-5H2,1-3H3,(H2,13,15). The zero-order valence-electron chi connectivity index (χ0n) is 10.6. The lowest BCUT2D eigenvalue weighted by Crippen LogP contribution is -2.33. The molecule has 0 unspecified atom stereocenters. The maximum Gasteiger partial charge on any atom is 0.173 e. The Balaban J connectivity index is 3.13. The molecule has 0 fully saturated rings. The van der Waals surface area contributed by atoms with E-state index in [1.807, 2.05) is 7.05 Å². The first kappa shape index (κ1) is 13.3. The molecule has 94 valence electrons. The van der Waals surface area contributed by atoms with Gasteiger partial charge in [-0.05, 0) is 25.0 Å². The summed E-state index contributed by atoms with van der Waals surface area (Å²) in [7, 11) is 1.98. The second-order valence-electron chi connectivity index (χ2n) is 3.94. The summed E-state index contributed by atoms with van der Waals surface area (Å²) in [5.74, 6) is 0.836. The number of oxime groups is 1. The van der Waals surface area contributed by atoms with Crippen LogP contribution in [0.1, 0.15) is 32.3 Å². The molecule has 0 aliphatic heterocycles. The van der Waals surface area contributed by atoms with E-state index in [1.165, 1.54) is 0 Å². The van der Waals surface area contributed by atoms with E-state index in [0.29, 0.717) is 11.6 Å². The molecule has 0 spiro atoms. The Morgan fingerprint density at radius 3 is 2.71 bits per heavy atom. The second-order valence-corrected chi connectivity index (χ2v) is 3.94. The van der Waals surface area contributed by atoms with E-state index in [4.69, 9.17) is 10.9 Å². The Morgan fingerprint density at radius 1 is 1.53 bits per heavy atom. The Hall–Kier alpha value is -1.78. The number of pyridine rings is 1. The van der Waals surface area contributed by atoms with Crippen LogP contribution in [-0.2, 0) is 0 Å². The van der Waals surface area contributed by atoms with Crippen molar-refractivity contribution >= 4 is 11.7 Å². The normalized spacial score (nSPS) is 11.9. The number of anilines is 1. The van der Waals surface area contributed by atoms with Gasteiger partial charge >= 0.3 is 0 Å². The van der Waals surface area contributed by atoms with Crippen LogP contribution in [0.4, 0.5) is 5.82 Å². The monoisotopic (exact) mass is 236 g/mol. The van der Waals surface area contributed by atoms with E-state index in [-0.39, 0.29) is 5.84 Å². The van der Waals surface area contributed by atoms with Crippen molar-refractivity contribution in [2.45, 2.75) is 32.7 Å². The molecule has 0 saturated carbocycles. The minimum Gasteiger partial charge on any atom is -0.409 e. The molecule has 0 atom stereocenters. The van der Waals surface area contributed by atoms with Crippen LogP contribution in [0, 0.1) is 0 Å². The summed E-state index contributed by atoms with van der Waals surface area (Å²) in [6.45, 7) is 4.27. The first-order chi connectivity index (χ1) is 8.15. The number of nitrogens with zero attached hydrogens (tertiary/aromatic N) is 3. The summed E-state index contributed by atoms with van der Waals surface area (Å²) >= 11 is 0. The molecule has 5 nitrogen and oxygen atoms in total. The van der Waals surface area contributed by atoms with Gasteiger partial charge in [0.25, 0.3) is 0 Å². The van der Waals surface area contributed by atoms with Crippen LogP contribution in [0.25, 0.3) is 0 Å². The molecule has 0 saturated heterocycles. The van der Waals surface area contributed by atoms with Crippen molar-refractivity contribution in [3.63, 3.8) is 0 Å². The molecule has 1 heterocycles. The van der Waals surface area contributed by atoms with E-state index < -0.39 is 0 Å². The number of rotatable bonds is 5. The smallest absolute Gasteiger partial charge is 0.173 e. The molecule has 1 rings (SSSR count). The Kier molecular flexibility index (Phi) is 4.75. The zero-order chi connectivity index (χ0) is 12.8. The summed E-state index contributed by atoms with van der Waals surface area (Å²) in [6.07, 6.45) is 3.76. The van der Waals surface area contributed by atoms with E-state index in [0.717, 1.165) is 18.7 Å². The topological polar surface area (TPSA) is 74.7 Å². The van der Waals surface area contributed by atoms with Crippen LogP contribution >= 0.6 is 0 Å². The van der Waals surface area contributed by atoms with Gasteiger partial charge in [-0.15, -0.1) is 0 Å². The van der Waals surface area contributed by atoms with Gasteiger partial charge in [0.15, 0.2) is 5.84 Å². The number of amidine groups is 1. The third kappa shape index (κ3) is 2.87. The summed E-state index contributed by atoms with van der Waals surface area (Å²) in [5.41, 5.74) is 6.31. The molecular weight excluding hydrogens is 216 g/mol. The van der Waals surface area contributed by atoms with Crippen molar-refractivity contribution in [3.8, 4) is 0 Å². The van der Waals surface area contributed by atoms with E-state index in [2.05, 4.69) is 28.9 Å². The van der Waals surface area contributed by atoms with Crippen LogP contribution in [-0.4, -0.2) is 29.1 Å². The molecular formula is C12H20N4O. The quantitative estimate of drug-likeness (QED) is 0.354. The fraction of sp³-hybridized carbons (Fsp3) is 0.500. The molecule has 3 N–H and O–H groups in total. The number of aromatic nitrogens is 1. The van der Waals surface area contributed by atoms with Gasteiger partial charge in [0.1, 0.15) is 5.82 Å². The van der Waals surface area contributed by atoms with Crippen LogP contribution in [0.3, 0.4) is 0 Å². The summed E-state index contributed by atoms with van der Waals surface area (Å²) in [5, 5.41) is 11.8. The van der Waals surface area contributed by atoms with Crippen LogP contribution in [0.15, 0.2) is 23.5 Å². The molecule has 0 aromatic carbocycles. The van der Waals surface area contributed by atoms with Crippen molar-refractivity contribution < 1.29 is 5.21 Å². The molecule has 0 radical (unpaired) electrons. The van der Waals surface area contributed by atoms with E-state index in [9.17, 15) is 0 Å². The highest BCUT2D eigenvalue weighted by Crippen LogP contribution is 2.20. The maximum atomic E-state index is 8.76. The fourth-order valence-electron chi connectivity index (χ4n) is 1.94. The third-order valence-corrected chi connectivity index (χ3v) is 2.99. The molecule has 0 aliphatic carbocycles. The summed E-state index contributed by atoms with van der Waals surface area (Å²) < 4.78 is 0. The van der Waals surface area contributed by atoms with Gasteiger partial charge in [-0.1, -0.05) is 19.0 Å². The molecule has 17 heavy (non-hydrogen) atoms. The second kappa shape index (κ2) is 6.08. The zero-order valence-corrected chi connectivity index (χ0v) is 10.6. The average Bonchev–Trinajstić information content (AvgIpc) is 2.39. The highest BCUT2D eigenvalue weighted by atomic mass is 16.4. The lowest BCUT2D eigenvalue weighted by Gasteiger charge is -2.28. The van der Waals surface area contributed by atoms with Crippen LogP contribution < -0.4 is 10.6 Å². The molecule has 0 amide bonds. The van der Waals surface area contributed by atoms with Crippen molar-refractivity contribution in [1.82, 2.24) is 4.98 Å². The minimum atomic E-state index is 0.0888. The van der Waals surface area contributed by atoms with Crippen molar-refractivity contribution in [2.75, 3.05) is 11.9 Å². The van der Waals surface area contributed by atoms with Gasteiger partial charge in [0.05, 0.1) is 5.56 Å². The Bertz CT molecular complexity index is 388. The van der Waals surface area contributed by atoms with E-state index >= 15 is 0 Å². The third-order valence-electron chi connectivity index (χ3n) is 2.99. The van der Waals surface area contributed by atoms with Gasteiger partial charge in [0.2, 0.25) is 0 Å². The van der Waals surface area contributed by atoms with Crippen molar-refractivity contribution in [2.24, 2.45) is 10.9 Å². The summed E-state index contributed by atoms with van der Waals surface area (Å²) in [4.78, 5) is 6.40. The largest absolute Gasteiger partial charge is 0.409 e. The van der Waals surface area contributed by atoms with Gasteiger partial charge in [0, 0.05) is 19.3 Å². The predicted molar refractivity (Wildman–Crippen MR) is 69.5 cm³/mol. The molecule has 1 aromatic rings. The Morgan fingerprint density at radius 2 is 2.18 bits per heavy atom. The SMILES string of the molecule is CCC(CC)N(C)c1ncccc1/C(N)=N/O. The average molecular weight is 236 g/mol. The molecule has 1 aromatic heterocycles. The van der Waals surface area contributed by atoms with Crippen molar-refractivity contribution in [1.29, 1.82) is 0 Å². The molecule has 5 heteroatoms. The van der Waals surface area contributed by atoms with Gasteiger partial charge < -0.3 is 15.8 Å². The summed E-state index contributed by atoms with van der Waals surface area (Å²) in [6, 6.07) is 3.98. The van der Waals surface area contributed by atoms with Gasteiger partial charge in [-0.25, -0.2) is 4.98 Å². The maximum absolute atomic E-state index is 8.76. The highest BCUT2D eigenvalue weighted by Gasteiger charge is 2.17. The first-order valence-corrected chi connectivity index (χ1v) is 5.81. The first-order valence-electron chi connectivity index (χ1n) is 5.81. The van der Waals surface area contributed by atoms with Crippen molar-refractivity contribution in [3.05, 3.63) is 23.9 Å². The van der Waals surface area contributed by atoms with Gasteiger partial charge in [-0.3, -0.25) is 0 Å². The van der Waals surface area contributed by atoms with Gasteiger partial charge in [-0.2, -0.15) is 0 Å². The number of nitrogens with two attached hydrogens (primary N) is 1. The molecule has 0 aliphatic rings. The lowest BCUT2D eigenvalue weighted by molar-refractivity contribution is 0.318. The predicted octanol–water partition coefficient (Wildman–Crippen LogP) is 1.80. The minimum absolute atomic E-state index is 0.0888.